The third kappa shape index (κ3) is 4.33. The predicted molar refractivity (Wildman–Crippen MR) is 109 cm³/mol. The first kappa shape index (κ1) is 21.0. The van der Waals surface area contributed by atoms with Crippen LogP contribution in [0.1, 0.15) is 43.9 Å². The van der Waals surface area contributed by atoms with Gasteiger partial charge in [0.25, 0.3) is 0 Å². The molecule has 1 fully saturated rings. The Hall–Kier alpha value is -2.71. The zero-order valence-electron chi connectivity index (χ0n) is 16.6. The molecule has 2 aromatic rings. The number of carbonyl (C=O) groups is 2. The van der Waals surface area contributed by atoms with E-state index in [2.05, 4.69) is 11.6 Å². The van der Waals surface area contributed by atoms with Crippen LogP contribution in [-0.4, -0.2) is 27.3 Å². The van der Waals surface area contributed by atoms with Crippen molar-refractivity contribution in [1.29, 1.82) is 0 Å². The Morgan fingerprint density at radius 2 is 1.69 bits per heavy atom. The number of anilines is 1. The molecule has 0 spiro atoms. The maximum atomic E-state index is 12.9. The zero-order chi connectivity index (χ0) is 21.2. The summed E-state index contributed by atoms with van der Waals surface area (Å²) in [5, 5.41) is 0. The van der Waals surface area contributed by atoms with Gasteiger partial charge in [0.2, 0.25) is 21.8 Å². The fourth-order valence-corrected chi connectivity index (χ4v) is 4.52. The van der Waals surface area contributed by atoms with Crippen LogP contribution in [0, 0.1) is 0 Å². The van der Waals surface area contributed by atoms with Crippen LogP contribution in [0.3, 0.4) is 0 Å². The van der Waals surface area contributed by atoms with Gasteiger partial charge in [-0.25, -0.2) is 18.0 Å². The highest BCUT2D eigenvalue weighted by Gasteiger charge is 2.33. The third-order valence-electron chi connectivity index (χ3n) is 4.97. The molecule has 0 aliphatic carbocycles. The lowest BCUT2D eigenvalue weighted by Gasteiger charge is -2.20. The first-order valence-electron chi connectivity index (χ1n) is 9.41. The molecule has 0 radical (unpaired) electrons. The van der Waals surface area contributed by atoms with Gasteiger partial charge in [-0.05, 0) is 42.7 Å². The van der Waals surface area contributed by atoms with Crippen LogP contribution in [0.5, 0.6) is 5.75 Å². The summed E-state index contributed by atoms with van der Waals surface area (Å²) in [7, 11) is -2.49. The lowest BCUT2D eigenvalue weighted by atomic mass is 10.1. The van der Waals surface area contributed by atoms with E-state index >= 15 is 0 Å². The number of nitrogens with one attached hydrogen (secondary N) is 1. The van der Waals surface area contributed by atoms with Crippen molar-refractivity contribution in [2.24, 2.45) is 0 Å². The Kier molecular flexibility index (Phi) is 6.04. The van der Waals surface area contributed by atoms with Gasteiger partial charge >= 0.3 is 0 Å². The number of sulfonamides is 1. The average molecular weight is 416 g/mol. The van der Waals surface area contributed by atoms with E-state index in [1.54, 1.807) is 6.92 Å². The molecule has 0 unspecified atom stereocenters. The van der Waals surface area contributed by atoms with E-state index in [1.165, 1.54) is 30.9 Å². The largest absolute Gasteiger partial charge is 0.495 e. The van der Waals surface area contributed by atoms with Crippen molar-refractivity contribution in [2.75, 3.05) is 12.0 Å². The molecule has 2 amide bonds. The summed E-state index contributed by atoms with van der Waals surface area (Å²) in [6.07, 6.45) is 1.10. The number of aryl methyl sites for hydroxylation is 1. The second kappa shape index (κ2) is 8.34. The maximum absolute atomic E-state index is 12.9. The minimum Gasteiger partial charge on any atom is -0.495 e. The van der Waals surface area contributed by atoms with Crippen molar-refractivity contribution < 1.29 is 22.7 Å². The van der Waals surface area contributed by atoms with Crippen LogP contribution < -0.4 is 14.4 Å². The van der Waals surface area contributed by atoms with Crippen LogP contribution >= 0.6 is 0 Å². The van der Waals surface area contributed by atoms with Gasteiger partial charge in [0, 0.05) is 18.9 Å². The number of ether oxygens (including phenoxy) is 1. The summed E-state index contributed by atoms with van der Waals surface area (Å²) in [4.78, 5) is 25.2. The average Bonchev–Trinajstić information content (AvgIpc) is 3.05. The Morgan fingerprint density at radius 1 is 1.07 bits per heavy atom. The lowest BCUT2D eigenvalue weighted by molar-refractivity contribution is -0.121. The van der Waals surface area contributed by atoms with Crippen molar-refractivity contribution >= 4 is 27.5 Å². The van der Waals surface area contributed by atoms with E-state index in [1.807, 2.05) is 24.3 Å². The number of amides is 2. The number of nitrogens with zero attached hydrogens (tertiary/aromatic N) is 1. The van der Waals surface area contributed by atoms with Gasteiger partial charge in [-0.2, -0.15) is 0 Å². The number of methoxy groups -OCH3 is 1. The topological polar surface area (TPSA) is 92.8 Å². The summed E-state index contributed by atoms with van der Waals surface area (Å²) in [6.45, 7) is 3.81. The summed E-state index contributed by atoms with van der Waals surface area (Å²) in [6, 6.07) is 11.4. The smallest absolute Gasteiger partial charge is 0.241 e. The van der Waals surface area contributed by atoms with Crippen LogP contribution in [0.4, 0.5) is 5.69 Å². The fourth-order valence-electron chi connectivity index (χ4n) is 3.27. The number of imide groups is 1. The Bertz CT molecular complexity index is 1020. The molecule has 29 heavy (non-hydrogen) atoms. The molecular formula is C21H24N2O5S. The first-order valence-corrected chi connectivity index (χ1v) is 10.9. The Morgan fingerprint density at radius 3 is 2.24 bits per heavy atom. The number of hydrogen-bond donors (Lipinski definition) is 1. The summed E-state index contributed by atoms with van der Waals surface area (Å²) in [5.41, 5.74) is 2.15. The van der Waals surface area contributed by atoms with Crippen molar-refractivity contribution in [1.82, 2.24) is 4.72 Å². The van der Waals surface area contributed by atoms with Crippen molar-refractivity contribution in [3.05, 3.63) is 53.6 Å². The predicted octanol–water partition coefficient (Wildman–Crippen LogP) is 2.95. The normalized spacial score (nSPS) is 15.6. The minimum absolute atomic E-state index is 0.0437. The van der Waals surface area contributed by atoms with E-state index in [-0.39, 0.29) is 41.0 Å². The van der Waals surface area contributed by atoms with Gasteiger partial charge in [0.15, 0.2) is 0 Å². The van der Waals surface area contributed by atoms with Gasteiger partial charge in [-0.1, -0.05) is 31.2 Å². The summed E-state index contributed by atoms with van der Waals surface area (Å²) >= 11 is 0. The second-order valence-electron chi connectivity index (χ2n) is 6.89. The highest BCUT2D eigenvalue weighted by Crippen LogP contribution is 2.34. The monoisotopic (exact) mass is 416 g/mol. The molecule has 0 bridgehead atoms. The quantitative estimate of drug-likeness (QED) is 0.701. The molecular weight excluding hydrogens is 392 g/mol. The summed E-state index contributed by atoms with van der Waals surface area (Å²) in [5.74, 6) is -0.490. The molecule has 1 heterocycles. The lowest BCUT2D eigenvalue weighted by Crippen LogP contribution is -2.30. The fraction of sp³-hybridized carbons (Fsp3) is 0.333. The number of rotatable bonds is 7. The molecule has 0 aromatic heterocycles. The molecule has 154 valence electrons. The van der Waals surface area contributed by atoms with Crippen molar-refractivity contribution in [3.8, 4) is 5.75 Å². The van der Waals surface area contributed by atoms with Crippen molar-refractivity contribution in [2.45, 2.75) is 44.0 Å². The number of carbonyl (C=O) groups excluding carboxylic acids is 2. The standard InChI is InChI=1S/C21H24N2O5S/c1-4-15-5-7-16(8-6-15)14(2)22-29(26,27)17-9-10-19(28-3)18(13-17)23-20(24)11-12-21(23)25/h5-10,13-14,22H,4,11-12H2,1-3H3/t14-/m1/s1. The molecule has 1 aliphatic rings. The maximum Gasteiger partial charge on any atom is 0.241 e. The zero-order valence-corrected chi connectivity index (χ0v) is 17.5. The molecule has 1 atom stereocenters. The van der Waals surface area contributed by atoms with E-state index in [0.29, 0.717) is 0 Å². The third-order valence-corrected chi connectivity index (χ3v) is 6.51. The van der Waals surface area contributed by atoms with Gasteiger partial charge < -0.3 is 4.74 Å². The van der Waals surface area contributed by atoms with Gasteiger partial charge in [-0.15, -0.1) is 0 Å². The molecule has 1 aliphatic heterocycles. The van der Waals surface area contributed by atoms with E-state index in [4.69, 9.17) is 4.74 Å². The van der Waals surface area contributed by atoms with Crippen LogP contribution in [0.15, 0.2) is 47.4 Å². The molecule has 8 heteroatoms. The van der Waals surface area contributed by atoms with Crippen LogP contribution in [0.25, 0.3) is 0 Å². The second-order valence-corrected chi connectivity index (χ2v) is 8.61. The number of benzene rings is 2. The van der Waals surface area contributed by atoms with E-state index < -0.39 is 16.1 Å². The molecule has 1 N–H and O–H groups in total. The van der Waals surface area contributed by atoms with Crippen LogP contribution in [0.2, 0.25) is 0 Å². The first-order chi connectivity index (χ1) is 13.8. The Balaban J connectivity index is 1.91. The van der Waals surface area contributed by atoms with Gasteiger partial charge in [-0.3, -0.25) is 9.59 Å². The Labute approximate surface area is 170 Å². The molecule has 3 rings (SSSR count). The van der Waals surface area contributed by atoms with E-state index in [9.17, 15) is 18.0 Å². The number of hydrogen-bond acceptors (Lipinski definition) is 5. The molecule has 2 aromatic carbocycles. The minimum atomic E-state index is -3.89. The molecule has 7 nitrogen and oxygen atoms in total. The highest BCUT2D eigenvalue weighted by molar-refractivity contribution is 7.89. The van der Waals surface area contributed by atoms with Gasteiger partial charge in [0.05, 0.1) is 17.7 Å². The van der Waals surface area contributed by atoms with Crippen LogP contribution in [-0.2, 0) is 26.0 Å². The molecule has 0 saturated carbocycles. The van der Waals surface area contributed by atoms with Gasteiger partial charge in [0.1, 0.15) is 5.75 Å². The van der Waals surface area contributed by atoms with E-state index in [0.717, 1.165) is 16.9 Å². The van der Waals surface area contributed by atoms with Crippen molar-refractivity contribution in [3.63, 3.8) is 0 Å². The summed E-state index contributed by atoms with van der Waals surface area (Å²) < 4.78 is 33.7. The highest BCUT2D eigenvalue weighted by atomic mass is 32.2. The SMILES string of the molecule is CCc1ccc([C@@H](C)NS(=O)(=O)c2ccc(OC)c(N3C(=O)CCC3=O)c2)cc1. The molecule has 1 saturated heterocycles.